The van der Waals surface area contributed by atoms with Crippen molar-refractivity contribution in [1.82, 2.24) is 23.5 Å². The minimum absolute atomic E-state index is 0.913. The maximum Gasteiger partial charge on any atom is 0.146 e. The van der Waals surface area contributed by atoms with E-state index in [1.165, 1.54) is 32.6 Å². The molecule has 43 heavy (non-hydrogen) atoms. The molecule has 0 N–H and O–H groups in total. The van der Waals surface area contributed by atoms with Gasteiger partial charge < -0.3 is 9.13 Å². The van der Waals surface area contributed by atoms with Crippen molar-refractivity contribution < 1.29 is 0 Å². The molecular weight excluding hydrogens is 526 g/mol. The highest BCUT2D eigenvalue weighted by Gasteiger charge is 2.23. The predicted octanol–water partition coefficient (Wildman–Crippen LogP) is 9.23. The SMILES string of the molecule is c1ccc(-n2c3ccccc3c3ccc4c(c5ccc6c7ncccc7c7nccn7c6c5n4-c4ccccc4)c32)cc1. The number of benzene rings is 5. The molecule has 0 bridgehead atoms. The van der Waals surface area contributed by atoms with Gasteiger partial charge in [0.15, 0.2) is 0 Å². The summed E-state index contributed by atoms with van der Waals surface area (Å²) in [7, 11) is 0. The summed E-state index contributed by atoms with van der Waals surface area (Å²) in [5.74, 6) is 0. The molecule has 5 aromatic carbocycles. The minimum Gasteiger partial charge on any atom is -0.309 e. The second-order valence-electron chi connectivity index (χ2n) is 11.1. The van der Waals surface area contributed by atoms with Crippen LogP contribution in [0.5, 0.6) is 0 Å². The van der Waals surface area contributed by atoms with Crippen LogP contribution in [0.2, 0.25) is 0 Å². The number of imidazole rings is 1. The Bertz CT molecular complexity index is 2710. The topological polar surface area (TPSA) is 40.1 Å². The van der Waals surface area contributed by atoms with Gasteiger partial charge in [-0.25, -0.2) is 4.98 Å². The summed E-state index contributed by atoms with van der Waals surface area (Å²) in [6, 6.07) is 43.4. The molecule has 0 saturated carbocycles. The van der Waals surface area contributed by atoms with E-state index in [9.17, 15) is 0 Å². The van der Waals surface area contributed by atoms with Gasteiger partial charge in [0, 0.05) is 62.3 Å². The number of hydrogen-bond donors (Lipinski definition) is 0. The molecule has 5 aromatic heterocycles. The lowest BCUT2D eigenvalue weighted by molar-refractivity contribution is 1.17. The van der Waals surface area contributed by atoms with Crippen LogP contribution < -0.4 is 0 Å². The van der Waals surface area contributed by atoms with Crippen molar-refractivity contribution in [3.63, 3.8) is 0 Å². The Labute approximate surface area is 245 Å². The van der Waals surface area contributed by atoms with Gasteiger partial charge in [0.1, 0.15) is 5.65 Å². The van der Waals surface area contributed by atoms with Crippen LogP contribution in [0.4, 0.5) is 0 Å². The summed E-state index contributed by atoms with van der Waals surface area (Å²) in [5, 5.41) is 7.07. The predicted molar refractivity (Wildman–Crippen MR) is 177 cm³/mol. The second kappa shape index (κ2) is 8.30. The largest absolute Gasteiger partial charge is 0.309 e. The lowest BCUT2D eigenvalue weighted by Crippen LogP contribution is -1.98. The molecule has 200 valence electrons. The van der Waals surface area contributed by atoms with Crippen LogP contribution in [-0.4, -0.2) is 23.5 Å². The lowest BCUT2D eigenvalue weighted by Gasteiger charge is -2.12. The van der Waals surface area contributed by atoms with Crippen LogP contribution >= 0.6 is 0 Å². The van der Waals surface area contributed by atoms with Gasteiger partial charge in [0.05, 0.1) is 33.1 Å². The molecule has 0 aliphatic carbocycles. The Morgan fingerprint density at radius 1 is 0.419 bits per heavy atom. The Morgan fingerprint density at radius 3 is 1.91 bits per heavy atom. The fourth-order valence-electron chi connectivity index (χ4n) is 7.24. The first kappa shape index (κ1) is 22.7. The van der Waals surface area contributed by atoms with Crippen molar-refractivity contribution in [2.24, 2.45) is 0 Å². The molecule has 10 rings (SSSR count). The number of fused-ring (bicyclic) bond motifs is 14. The maximum atomic E-state index is 4.87. The zero-order chi connectivity index (χ0) is 28.1. The van der Waals surface area contributed by atoms with E-state index in [2.05, 4.69) is 135 Å². The highest BCUT2D eigenvalue weighted by Crippen LogP contribution is 2.44. The number of pyridine rings is 2. The molecule has 0 saturated heterocycles. The molecule has 0 unspecified atom stereocenters. The third-order valence-electron chi connectivity index (χ3n) is 8.91. The fourth-order valence-corrected chi connectivity index (χ4v) is 7.24. The number of nitrogens with zero attached hydrogens (tertiary/aromatic N) is 5. The van der Waals surface area contributed by atoms with Gasteiger partial charge in [0.2, 0.25) is 0 Å². The first-order valence-electron chi connectivity index (χ1n) is 14.5. The van der Waals surface area contributed by atoms with Crippen LogP contribution in [0.25, 0.3) is 82.4 Å². The number of rotatable bonds is 2. The average molecular weight is 550 g/mol. The minimum atomic E-state index is 0.913. The van der Waals surface area contributed by atoms with Gasteiger partial charge in [-0.15, -0.1) is 0 Å². The molecule has 0 fully saturated rings. The average Bonchev–Trinajstić information content (AvgIpc) is 3.78. The van der Waals surface area contributed by atoms with Crippen LogP contribution in [0.3, 0.4) is 0 Å². The monoisotopic (exact) mass is 549 g/mol. The zero-order valence-electron chi connectivity index (χ0n) is 23.0. The standard InChI is InChI=1S/C38H23N5/c1-3-10-24(11-4-1)42-31-16-8-7-14-26(31)27-19-20-32-33(35(27)42)28-17-18-29-34-30(15-9-21-39-34)38-40-22-23-41(38)36(29)37(28)43(32)25-12-5-2-6-13-25/h1-23H. The van der Waals surface area contributed by atoms with E-state index in [0.29, 0.717) is 0 Å². The van der Waals surface area contributed by atoms with Crippen LogP contribution in [0, 0.1) is 0 Å². The van der Waals surface area contributed by atoms with Gasteiger partial charge in [-0.1, -0.05) is 66.7 Å². The smallest absolute Gasteiger partial charge is 0.146 e. The van der Waals surface area contributed by atoms with Crippen molar-refractivity contribution in [2.45, 2.75) is 0 Å². The number of aromatic nitrogens is 5. The Hall–Kier alpha value is -5.94. The highest BCUT2D eigenvalue weighted by molar-refractivity contribution is 6.30. The molecule has 0 atom stereocenters. The normalized spacial score (nSPS) is 12.2. The van der Waals surface area contributed by atoms with Crippen LogP contribution in [-0.2, 0) is 0 Å². The maximum absolute atomic E-state index is 4.87. The van der Waals surface area contributed by atoms with E-state index >= 15 is 0 Å². The van der Waals surface area contributed by atoms with E-state index in [0.717, 1.165) is 49.9 Å². The van der Waals surface area contributed by atoms with E-state index in [1.54, 1.807) is 0 Å². The van der Waals surface area contributed by atoms with E-state index in [1.807, 2.05) is 18.5 Å². The molecule has 0 aliphatic rings. The summed E-state index contributed by atoms with van der Waals surface area (Å²) >= 11 is 0. The van der Waals surface area contributed by atoms with Gasteiger partial charge >= 0.3 is 0 Å². The van der Waals surface area contributed by atoms with Gasteiger partial charge in [-0.05, 0) is 54.6 Å². The molecule has 0 amide bonds. The first-order chi connectivity index (χ1) is 21.4. The summed E-state index contributed by atoms with van der Waals surface area (Å²) in [6.45, 7) is 0. The van der Waals surface area contributed by atoms with Crippen molar-refractivity contribution in [2.75, 3.05) is 0 Å². The highest BCUT2D eigenvalue weighted by atomic mass is 15.1. The van der Waals surface area contributed by atoms with Crippen molar-refractivity contribution >= 4 is 71.1 Å². The third kappa shape index (κ3) is 2.90. The molecule has 5 heterocycles. The lowest BCUT2D eigenvalue weighted by atomic mass is 10.0. The van der Waals surface area contributed by atoms with Crippen LogP contribution in [0.1, 0.15) is 0 Å². The number of para-hydroxylation sites is 3. The Kier molecular flexibility index (Phi) is 4.39. The molecular formula is C38H23N5. The molecule has 5 nitrogen and oxygen atoms in total. The quantitative estimate of drug-likeness (QED) is 0.202. The first-order valence-corrected chi connectivity index (χ1v) is 14.5. The van der Waals surface area contributed by atoms with Gasteiger partial charge in [-0.3, -0.25) is 9.38 Å². The molecule has 10 aromatic rings. The van der Waals surface area contributed by atoms with Gasteiger partial charge in [-0.2, -0.15) is 0 Å². The zero-order valence-corrected chi connectivity index (χ0v) is 23.0. The van der Waals surface area contributed by atoms with Crippen molar-refractivity contribution in [1.29, 1.82) is 0 Å². The summed E-state index contributed by atoms with van der Waals surface area (Å²) < 4.78 is 7.10. The summed E-state index contributed by atoms with van der Waals surface area (Å²) in [6.07, 6.45) is 5.84. The van der Waals surface area contributed by atoms with Crippen molar-refractivity contribution in [3.8, 4) is 11.4 Å². The van der Waals surface area contributed by atoms with E-state index < -0.39 is 0 Å². The molecule has 0 aliphatic heterocycles. The third-order valence-corrected chi connectivity index (χ3v) is 8.91. The molecule has 5 heteroatoms. The molecule has 0 radical (unpaired) electrons. The van der Waals surface area contributed by atoms with E-state index in [4.69, 9.17) is 9.97 Å². The fraction of sp³-hybridized carbons (Fsp3) is 0. The summed E-state index contributed by atoms with van der Waals surface area (Å²) in [4.78, 5) is 9.67. The summed E-state index contributed by atoms with van der Waals surface area (Å²) in [5.41, 5.74) is 9.97. The second-order valence-corrected chi connectivity index (χ2v) is 11.1. The number of hydrogen-bond acceptors (Lipinski definition) is 2. The van der Waals surface area contributed by atoms with Crippen molar-refractivity contribution in [3.05, 3.63) is 140 Å². The van der Waals surface area contributed by atoms with E-state index in [-0.39, 0.29) is 0 Å². The van der Waals surface area contributed by atoms with Gasteiger partial charge in [0.25, 0.3) is 0 Å². The Morgan fingerprint density at radius 2 is 1.09 bits per heavy atom. The molecule has 0 spiro atoms. The van der Waals surface area contributed by atoms with Crippen LogP contribution in [0.15, 0.2) is 140 Å². The Balaban J connectivity index is 1.53.